The number of aliphatic hydroxyl groups excluding tert-OH is 1. The van der Waals surface area contributed by atoms with E-state index in [-0.39, 0.29) is 67.1 Å². The molecule has 0 saturated heterocycles. The van der Waals surface area contributed by atoms with E-state index in [1.54, 1.807) is 19.2 Å². The molecule has 354 valence electrons. The van der Waals surface area contributed by atoms with Gasteiger partial charge in [-0.1, -0.05) is 70.2 Å². The number of carbonyl (C=O) groups excluding carboxylic acids is 6. The van der Waals surface area contributed by atoms with Crippen LogP contribution in [0.5, 0.6) is 28.7 Å². The minimum Gasteiger partial charge on any atom is -0.504 e. The fourth-order valence-electron chi connectivity index (χ4n) is 8.15. The van der Waals surface area contributed by atoms with Gasteiger partial charge in [-0.2, -0.15) is 9.59 Å². The number of amides is 2. The number of fused-ring (bicyclic) bond motifs is 1. The molecular weight excluding hydrogens is 858 g/mol. The van der Waals surface area contributed by atoms with Gasteiger partial charge in [-0.3, -0.25) is 19.2 Å². The first-order valence-electron chi connectivity index (χ1n) is 21.7. The number of methoxy groups -OCH3 is 4. The summed E-state index contributed by atoms with van der Waals surface area (Å²) in [4.78, 5) is 73.3. The van der Waals surface area contributed by atoms with Crippen molar-refractivity contribution in [3.05, 3.63) is 82.9 Å². The van der Waals surface area contributed by atoms with E-state index in [9.17, 15) is 29.4 Å². The van der Waals surface area contributed by atoms with E-state index >= 15 is 0 Å². The zero-order valence-corrected chi connectivity index (χ0v) is 39.3. The molecule has 0 radical (unpaired) electrons. The number of ether oxygens (including phenoxy) is 4. The number of hydrogen-bond donors (Lipinski definition) is 5. The van der Waals surface area contributed by atoms with Gasteiger partial charge >= 0.3 is 6.15 Å². The molecule has 2 amide bonds. The molecule has 1 aliphatic carbocycles. The van der Waals surface area contributed by atoms with Gasteiger partial charge in [0.05, 0.1) is 34.5 Å². The van der Waals surface area contributed by atoms with Crippen LogP contribution in [0.15, 0.2) is 60.7 Å². The van der Waals surface area contributed by atoms with Crippen LogP contribution in [0.4, 0.5) is 0 Å². The summed E-state index contributed by atoms with van der Waals surface area (Å²) in [5, 5.41) is 27.7. The van der Waals surface area contributed by atoms with Gasteiger partial charge in [0.1, 0.15) is 11.9 Å². The van der Waals surface area contributed by atoms with Crippen molar-refractivity contribution in [3.8, 4) is 28.7 Å². The fraction of sp³-hybridized carbons (Fsp3) is 0.490. The minimum atomic E-state index is -1.43. The minimum absolute atomic E-state index is 0.0177. The van der Waals surface area contributed by atoms with Crippen LogP contribution in [0.2, 0.25) is 0 Å². The Bertz CT molecular complexity index is 2120. The molecule has 5 N–H and O–H groups in total. The van der Waals surface area contributed by atoms with Crippen LogP contribution in [0.3, 0.4) is 0 Å². The topological polar surface area (TPSA) is 216 Å². The Morgan fingerprint density at radius 2 is 1.43 bits per heavy atom. The number of carbonyl (C=O) groups is 4. The van der Waals surface area contributed by atoms with Gasteiger partial charge in [0, 0.05) is 49.2 Å². The Morgan fingerprint density at radius 3 is 2.00 bits per heavy atom. The SMILES string of the molecule is COc1ccc(C2=CC(NC(=O)CCNC(=O)C(CC(=O)C(CC(=O)C(O)C(Cc3ccccc3)NCl)CC(C)C)CC(C)C)CCc3c2cc(OC)c(OC)c3OC)cc1O.O=C=O. The fourth-order valence-corrected chi connectivity index (χ4v) is 8.35. The number of aromatic hydroxyl groups is 1. The highest BCUT2D eigenvalue weighted by molar-refractivity contribution is 6.13. The summed E-state index contributed by atoms with van der Waals surface area (Å²) in [7, 11) is 6.11. The Kier molecular flexibility index (Phi) is 22.2. The first kappa shape index (κ1) is 53.6. The summed E-state index contributed by atoms with van der Waals surface area (Å²) < 4.78 is 22.5. The molecule has 0 fully saturated rings. The van der Waals surface area contributed by atoms with Gasteiger partial charge in [0.25, 0.3) is 0 Å². The highest BCUT2D eigenvalue weighted by atomic mass is 35.5. The quantitative estimate of drug-likeness (QED) is 0.0637. The average Bonchev–Trinajstić information content (AvgIpc) is 3.45. The number of rotatable bonds is 24. The number of benzene rings is 3. The first-order valence-corrected chi connectivity index (χ1v) is 22.0. The van der Waals surface area contributed by atoms with E-state index in [1.807, 2.05) is 76.2 Å². The molecule has 1 aliphatic rings. The monoisotopic (exact) mass is 921 g/mol. The Morgan fingerprint density at radius 1 is 0.815 bits per heavy atom. The molecule has 0 saturated carbocycles. The molecule has 0 spiro atoms. The first-order chi connectivity index (χ1) is 31.0. The van der Waals surface area contributed by atoms with Crippen LogP contribution < -0.4 is 34.4 Å². The second-order valence-electron chi connectivity index (χ2n) is 16.8. The number of aliphatic hydroxyl groups is 1. The number of Topliss-reactive ketones (excluding diaryl/α,β-unsaturated/α-hetero) is 2. The van der Waals surface area contributed by atoms with Gasteiger partial charge in [0.2, 0.25) is 17.6 Å². The smallest absolute Gasteiger partial charge is 0.373 e. The van der Waals surface area contributed by atoms with Crippen molar-refractivity contribution in [1.82, 2.24) is 15.5 Å². The zero-order valence-electron chi connectivity index (χ0n) is 38.5. The van der Waals surface area contributed by atoms with E-state index in [0.717, 1.165) is 22.3 Å². The lowest BCUT2D eigenvalue weighted by Crippen LogP contribution is -2.43. The second-order valence-corrected chi connectivity index (χ2v) is 17.0. The number of nitrogens with one attached hydrogen (secondary N) is 3. The van der Waals surface area contributed by atoms with Crippen LogP contribution in [0.1, 0.15) is 88.5 Å². The average molecular weight is 923 g/mol. The molecule has 4 rings (SSSR count). The summed E-state index contributed by atoms with van der Waals surface area (Å²) in [6, 6.07) is 15.1. The number of ketones is 2. The molecule has 0 aromatic heterocycles. The van der Waals surface area contributed by atoms with Crippen molar-refractivity contribution in [1.29, 1.82) is 0 Å². The van der Waals surface area contributed by atoms with E-state index in [2.05, 4.69) is 15.5 Å². The normalized spacial score (nSPS) is 15.0. The summed E-state index contributed by atoms with van der Waals surface area (Å²) in [6.45, 7) is 7.90. The van der Waals surface area contributed by atoms with Crippen LogP contribution in [-0.4, -0.2) is 92.9 Å². The Hall–Kier alpha value is -5.73. The number of hydrogen-bond acceptors (Lipinski definition) is 13. The van der Waals surface area contributed by atoms with Crippen molar-refractivity contribution < 1.29 is 57.9 Å². The Balaban J connectivity index is 0.00000363. The van der Waals surface area contributed by atoms with Crippen molar-refractivity contribution in [2.24, 2.45) is 23.7 Å². The second kappa shape index (κ2) is 26.9. The van der Waals surface area contributed by atoms with Crippen LogP contribution >= 0.6 is 11.8 Å². The zero-order chi connectivity index (χ0) is 48.2. The molecule has 5 atom stereocenters. The predicted octanol–water partition coefficient (Wildman–Crippen LogP) is 6.17. The summed E-state index contributed by atoms with van der Waals surface area (Å²) in [5.41, 5.74) is 3.92. The molecule has 0 heterocycles. The molecule has 0 bridgehead atoms. The van der Waals surface area contributed by atoms with Crippen LogP contribution in [-0.2, 0) is 41.6 Å². The third-order valence-electron chi connectivity index (χ3n) is 11.2. The molecule has 15 nitrogen and oxygen atoms in total. The summed E-state index contributed by atoms with van der Waals surface area (Å²) in [5.74, 6) is -0.864. The van der Waals surface area contributed by atoms with E-state index in [1.165, 1.54) is 21.3 Å². The third-order valence-corrected chi connectivity index (χ3v) is 11.4. The van der Waals surface area contributed by atoms with E-state index < -0.39 is 35.8 Å². The van der Waals surface area contributed by atoms with E-state index in [0.29, 0.717) is 60.7 Å². The highest BCUT2D eigenvalue weighted by Crippen LogP contribution is 2.47. The number of halogens is 1. The molecular formula is C49H64ClN3O12. The third kappa shape index (κ3) is 15.7. The lowest BCUT2D eigenvalue weighted by molar-refractivity contribution is -0.191. The van der Waals surface area contributed by atoms with Gasteiger partial charge in [-0.15, -0.1) is 0 Å². The van der Waals surface area contributed by atoms with Gasteiger partial charge in [-0.25, -0.2) is 4.84 Å². The standard InChI is InChI=1S/C48H64ClN3O10.CO2/c1-28(2)20-32(24-41(55)45(57)38(52-49)22-30-12-10-9-11-13-30)39(53)25-33(21-29(3)4)48(58)50-19-18-44(56)51-34-15-16-35-37(27-43(60-6)47(62-8)46(35)61-7)36(26-34)31-14-17-42(59-5)40(54)23-31;2-1-3/h9-14,17,23,26-29,32-34,38,45,52,54,57H,15-16,18-22,24-25H2,1-8H3,(H,50,58)(H,51,56);. The predicted molar refractivity (Wildman–Crippen MR) is 245 cm³/mol. The summed E-state index contributed by atoms with van der Waals surface area (Å²) in [6.07, 6.45) is 2.67. The van der Waals surface area contributed by atoms with Gasteiger partial charge in [-0.05, 0) is 96.2 Å². The van der Waals surface area contributed by atoms with Crippen molar-refractivity contribution in [2.45, 2.75) is 97.2 Å². The van der Waals surface area contributed by atoms with E-state index in [4.69, 9.17) is 40.3 Å². The molecule has 3 aromatic carbocycles. The number of phenolic OH excluding ortho intramolecular Hbond substituents is 1. The molecule has 65 heavy (non-hydrogen) atoms. The van der Waals surface area contributed by atoms with Gasteiger partial charge in [0.15, 0.2) is 28.8 Å². The maximum Gasteiger partial charge on any atom is 0.373 e. The molecule has 5 unspecified atom stereocenters. The maximum absolute atomic E-state index is 13.9. The molecule has 0 aliphatic heterocycles. The lowest BCUT2D eigenvalue weighted by atomic mass is 9.81. The highest BCUT2D eigenvalue weighted by Gasteiger charge is 2.33. The molecule has 16 heteroatoms. The molecule has 3 aromatic rings. The van der Waals surface area contributed by atoms with Crippen molar-refractivity contribution >= 4 is 46.9 Å². The van der Waals surface area contributed by atoms with Crippen molar-refractivity contribution in [3.63, 3.8) is 0 Å². The van der Waals surface area contributed by atoms with Gasteiger partial charge < -0.3 is 39.8 Å². The van der Waals surface area contributed by atoms with Crippen LogP contribution in [0.25, 0.3) is 5.57 Å². The largest absolute Gasteiger partial charge is 0.504 e. The summed E-state index contributed by atoms with van der Waals surface area (Å²) >= 11 is 5.97. The Labute approximate surface area is 386 Å². The maximum atomic E-state index is 13.9. The van der Waals surface area contributed by atoms with Crippen molar-refractivity contribution in [2.75, 3.05) is 35.0 Å². The van der Waals surface area contributed by atoms with Crippen LogP contribution in [0, 0.1) is 23.7 Å². The number of phenols is 1. The lowest BCUT2D eigenvalue weighted by Gasteiger charge is -2.25.